The highest BCUT2D eigenvalue weighted by Gasteiger charge is 2.18. The molecule has 0 amide bonds. The summed E-state index contributed by atoms with van der Waals surface area (Å²) >= 11 is 0. The normalized spacial score (nSPS) is 11.9. The summed E-state index contributed by atoms with van der Waals surface area (Å²) in [6.45, 7) is 3.96. The number of carboxylic acids is 1. The summed E-state index contributed by atoms with van der Waals surface area (Å²) in [6.07, 6.45) is 1.85. The van der Waals surface area contributed by atoms with Crippen molar-refractivity contribution in [1.29, 1.82) is 0 Å². The zero-order chi connectivity index (χ0) is 13.7. The Kier molecular flexibility index (Phi) is 4.65. The highest BCUT2D eigenvalue weighted by Crippen LogP contribution is 2.26. The SMILES string of the molecule is CCC[C@@H](C)Nc1ccc(C(=O)O)cc1[N+](=O)[O-]. The van der Waals surface area contributed by atoms with Crippen LogP contribution in [0.2, 0.25) is 0 Å². The molecular weight excluding hydrogens is 236 g/mol. The van der Waals surface area contributed by atoms with Gasteiger partial charge in [0, 0.05) is 12.1 Å². The molecule has 0 radical (unpaired) electrons. The Labute approximate surface area is 105 Å². The topological polar surface area (TPSA) is 92.5 Å². The van der Waals surface area contributed by atoms with Crippen molar-refractivity contribution in [3.05, 3.63) is 33.9 Å². The van der Waals surface area contributed by atoms with Crippen LogP contribution in [-0.4, -0.2) is 22.0 Å². The average molecular weight is 252 g/mol. The van der Waals surface area contributed by atoms with Crippen molar-refractivity contribution in [2.75, 3.05) is 5.32 Å². The van der Waals surface area contributed by atoms with Crippen molar-refractivity contribution >= 4 is 17.3 Å². The number of nitro groups is 1. The quantitative estimate of drug-likeness (QED) is 0.599. The Morgan fingerprint density at radius 2 is 2.22 bits per heavy atom. The summed E-state index contributed by atoms with van der Waals surface area (Å²) in [5, 5.41) is 22.7. The Hall–Kier alpha value is -2.11. The first kappa shape index (κ1) is 14.0. The number of nitrogens with one attached hydrogen (secondary N) is 1. The lowest BCUT2D eigenvalue weighted by Crippen LogP contribution is -2.15. The molecule has 6 heteroatoms. The van der Waals surface area contributed by atoms with Crippen LogP contribution in [0.4, 0.5) is 11.4 Å². The zero-order valence-corrected chi connectivity index (χ0v) is 10.3. The first-order valence-electron chi connectivity index (χ1n) is 5.74. The van der Waals surface area contributed by atoms with E-state index >= 15 is 0 Å². The van der Waals surface area contributed by atoms with E-state index in [4.69, 9.17) is 5.11 Å². The number of hydrogen-bond donors (Lipinski definition) is 2. The lowest BCUT2D eigenvalue weighted by Gasteiger charge is -2.14. The second kappa shape index (κ2) is 6.00. The molecule has 0 saturated carbocycles. The second-order valence-electron chi connectivity index (χ2n) is 4.13. The molecule has 0 aliphatic heterocycles. The second-order valence-corrected chi connectivity index (χ2v) is 4.13. The summed E-state index contributed by atoms with van der Waals surface area (Å²) in [7, 11) is 0. The number of benzene rings is 1. The molecule has 2 N–H and O–H groups in total. The van der Waals surface area contributed by atoms with Gasteiger partial charge in [-0.1, -0.05) is 13.3 Å². The molecule has 0 aromatic heterocycles. The highest BCUT2D eigenvalue weighted by molar-refractivity contribution is 5.89. The maximum atomic E-state index is 10.9. The van der Waals surface area contributed by atoms with Gasteiger partial charge in [-0.25, -0.2) is 4.79 Å². The van der Waals surface area contributed by atoms with Crippen molar-refractivity contribution in [3.63, 3.8) is 0 Å². The maximum Gasteiger partial charge on any atom is 0.335 e. The van der Waals surface area contributed by atoms with Gasteiger partial charge >= 0.3 is 5.97 Å². The fraction of sp³-hybridized carbons (Fsp3) is 0.417. The number of carbonyl (C=O) groups is 1. The van der Waals surface area contributed by atoms with E-state index in [0.717, 1.165) is 18.9 Å². The third kappa shape index (κ3) is 3.44. The molecule has 0 spiro atoms. The summed E-state index contributed by atoms with van der Waals surface area (Å²) in [6, 6.07) is 3.97. The molecule has 0 bridgehead atoms. The molecule has 1 aromatic carbocycles. The summed E-state index contributed by atoms with van der Waals surface area (Å²) in [5.74, 6) is -1.17. The van der Waals surface area contributed by atoms with Gasteiger partial charge in [-0.15, -0.1) is 0 Å². The monoisotopic (exact) mass is 252 g/mol. The first-order chi connectivity index (χ1) is 8.45. The number of anilines is 1. The molecule has 1 rings (SSSR count). The van der Waals surface area contributed by atoms with E-state index in [1.165, 1.54) is 12.1 Å². The third-order valence-corrected chi connectivity index (χ3v) is 2.56. The molecule has 0 unspecified atom stereocenters. The minimum Gasteiger partial charge on any atom is -0.478 e. The molecule has 0 aliphatic carbocycles. The van der Waals surface area contributed by atoms with Crippen LogP contribution in [0.3, 0.4) is 0 Å². The molecule has 98 valence electrons. The van der Waals surface area contributed by atoms with E-state index in [9.17, 15) is 14.9 Å². The molecule has 0 heterocycles. The van der Waals surface area contributed by atoms with Crippen molar-refractivity contribution in [3.8, 4) is 0 Å². The van der Waals surface area contributed by atoms with E-state index in [1.807, 2.05) is 13.8 Å². The Morgan fingerprint density at radius 3 is 2.72 bits per heavy atom. The van der Waals surface area contributed by atoms with E-state index < -0.39 is 10.9 Å². The van der Waals surface area contributed by atoms with Crippen molar-refractivity contribution in [2.45, 2.75) is 32.7 Å². The van der Waals surface area contributed by atoms with Gasteiger partial charge in [0.1, 0.15) is 5.69 Å². The summed E-state index contributed by atoms with van der Waals surface area (Å²) in [5.41, 5.74) is 0.0548. The Balaban J connectivity index is 3.04. The molecule has 0 aliphatic rings. The van der Waals surface area contributed by atoms with Crippen LogP contribution in [0.1, 0.15) is 37.0 Å². The minimum atomic E-state index is -1.17. The van der Waals surface area contributed by atoms with Crippen molar-refractivity contribution < 1.29 is 14.8 Å². The van der Waals surface area contributed by atoms with Gasteiger partial charge in [0.05, 0.1) is 10.5 Å². The summed E-state index contributed by atoms with van der Waals surface area (Å²) < 4.78 is 0. The maximum absolute atomic E-state index is 10.9. The number of nitro benzene ring substituents is 1. The van der Waals surface area contributed by atoms with E-state index in [-0.39, 0.29) is 17.3 Å². The smallest absolute Gasteiger partial charge is 0.335 e. The Morgan fingerprint density at radius 1 is 1.56 bits per heavy atom. The molecule has 6 nitrogen and oxygen atoms in total. The fourth-order valence-electron chi connectivity index (χ4n) is 1.71. The Bertz CT molecular complexity index is 459. The number of rotatable bonds is 6. The highest BCUT2D eigenvalue weighted by atomic mass is 16.6. The molecule has 0 fully saturated rings. The van der Waals surface area contributed by atoms with Crippen LogP contribution in [-0.2, 0) is 0 Å². The lowest BCUT2D eigenvalue weighted by atomic mass is 10.1. The van der Waals surface area contributed by atoms with Gasteiger partial charge in [-0.2, -0.15) is 0 Å². The predicted octanol–water partition coefficient (Wildman–Crippen LogP) is 2.89. The van der Waals surface area contributed by atoms with E-state index in [1.54, 1.807) is 0 Å². The van der Waals surface area contributed by atoms with Gasteiger partial charge in [0.25, 0.3) is 5.69 Å². The van der Waals surface area contributed by atoms with Gasteiger partial charge in [0.2, 0.25) is 0 Å². The predicted molar refractivity (Wildman–Crippen MR) is 68.0 cm³/mol. The first-order valence-corrected chi connectivity index (χ1v) is 5.74. The minimum absolute atomic E-state index is 0.0876. The van der Waals surface area contributed by atoms with Crippen LogP contribution in [0.25, 0.3) is 0 Å². The van der Waals surface area contributed by atoms with Gasteiger partial charge in [-0.05, 0) is 25.5 Å². The van der Waals surface area contributed by atoms with Crippen LogP contribution in [0, 0.1) is 10.1 Å². The van der Waals surface area contributed by atoms with E-state index in [0.29, 0.717) is 5.69 Å². The zero-order valence-electron chi connectivity index (χ0n) is 10.3. The van der Waals surface area contributed by atoms with Crippen molar-refractivity contribution in [1.82, 2.24) is 0 Å². The fourth-order valence-corrected chi connectivity index (χ4v) is 1.71. The number of carboxylic acid groups (broad SMARTS) is 1. The van der Waals surface area contributed by atoms with Crippen LogP contribution < -0.4 is 5.32 Å². The molecule has 1 atom stereocenters. The summed E-state index contributed by atoms with van der Waals surface area (Å²) in [4.78, 5) is 21.1. The van der Waals surface area contributed by atoms with Crippen LogP contribution in [0.15, 0.2) is 18.2 Å². The van der Waals surface area contributed by atoms with Gasteiger partial charge < -0.3 is 10.4 Å². The molecule has 1 aromatic rings. The molecule has 18 heavy (non-hydrogen) atoms. The number of hydrogen-bond acceptors (Lipinski definition) is 4. The largest absolute Gasteiger partial charge is 0.478 e. The molecule has 0 saturated heterocycles. The number of aromatic carboxylic acids is 1. The van der Waals surface area contributed by atoms with Crippen LogP contribution >= 0.6 is 0 Å². The third-order valence-electron chi connectivity index (χ3n) is 2.56. The van der Waals surface area contributed by atoms with Crippen molar-refractivity contribution in [2.24, 2.45) is 0 Å². The van der Waals surface area contributed by atoms with Gasteiger partial charge in [0.15, 0.2) is 0 Å². The lowest BCUT2D eigenvalue weighted by molar-refractivity contribution is -0.384. The molecular formula is C12H16N2O4. The van der Waals surface area contributed by atoms with Crippen LogP contribution in [0.5, 0.6) is 0 Å². The number of nitrogens with zero attached hydrogens (tertiary/aromatic N) is 1. The van der Waals surface area contributed by atoms with E-state index in [2.05, 4.69) is 5.32 Å². The average Bonchev–Trinajstić information content (AvgIpc) is 2.29. The van der Waals surface area contributed by atoms with Gasteiger partial charge in [-0.3, -0.25) is 10.1 Å². The standard InChI is InChI=1S/C12H16N2O4/c1-3-4-8(2)13-10-6-5-9(12(15)16)7-11(10)14(17)18/h5-8,13H,3-4H2,1-2H3,(H,15,16)/t8-/m1/s1.